The first-order valence-corrected chi connectivity index (χ1v) is 6.22. The maximum atomic E-state index is 13.4. The smallest absolute Gasteiger partial charge is 0.280 e. The maximum absolute atomic E-state index is 13.4. The van der Waals surface area contributed by atoms with Crippen LogP contribution in [-0.4, -0.2) is 15.9 Å². The lowest BCUT2D eigenvalue weighted by atomic mass is 9.98. The van der Waals surface area contributed by atoms with Crippen LogP contribution in [0.25, 0.3) is 11.1 Å². The summed E-state index contributed by atoms with van der Waals surface area (Å²) in [5, 5.41) is 2.56. The number of hydrogen-bond donors (Lipinski definition) is 1. The van der Waals surface area contributed by atoms with Crippen LogP contribution in [-0.2, 0) is 4.79 Å². The fraction of sp³-hybridized carbons (Fsp3) is 0.214. The Balaban J connectivity index is 2.26. The van der Waals surface area contributed by atoms with Crippen molar-refractivity contribution in [2.24, 2.45) is 0 Å². The first-order chi connectivity index (χ1) is 9.97. The second kappa shape index (κ2) is 4.83. The number of anilines is 1. The van der Waals surface area contributed by atoms with Gasteiger partial charge in [-0.25, -0.2) is 13.2 Å². The van der Waals surface area contributed by atoms with Gasteiger partial charge in [0, 0.05) is 17.3 Å². The van der Waals surface area contributed by atoms with Gasteiger partial charge in [-0.1, -0.05) is 0 Å². The minimum atomic E-state index is -2.75. The van der Waals surface area contributed by atoms with Crippen LogP contribution in [0.15, 0.2) is 24.5 Å². The highest BCUT2D eigenvalue weighted by Crippen LogP contribution is 2.38. The Labute approximate surface area is 118 Å². The standard InChI is InChI=1S/C14H10F3N3O/c1-6-12-8(2-7(15)4-19-12)9-5-18-11(13(16)17)3-10(9)20-14(6)21/h2-6,13H,1H3,(H,20,21). The highest BCUT2D eigenvalue weighted by molar-refractivity contribution is 6.02. The number of hydrogen-bond acceptors (Lipinski definition) is 3. The van der Waals surface area contributed by atoms with E-state index in [1.54, 1.807) is 6.92 Å². The maximum Gasteiger partial charge on any atom is 0.280 e. The number of alkyl halides is 2. The number of carbonyl (C=O) groups excluding carboxylic acids is 1. The van der Waals surface area contributed by atoms with E-state index < -0.39 is 23.9 Å². The molecule has 1 amide bonds. The third-order valence-corrected chi connectivity index (χ3v) is 3.39. The van der Waals surface area contributed by atoms with Crippen LogP contribution < -0.4 is 5.32 Å². The second-order valence-corrected chi connectivity index (χ2v) is 4.75. The summed E-state index contributed by atoms with van der Waals surface area (Å²) in [6.07, 6.45) is -0.526. The van der Waals surface area contributed by atoms with Crippen molar-refractivity contribution in [2.75, 3.05) is 5.32 Å². The Bertz CT molecular complexity index is 733. The van der Waals surface area contributed by atoms with Crippen LogP contribution in [0.2, 0.25) is 0 Å². The molecule has 0 aromatic carbocycles. The number of carbonyl (C=O) groups is 1. The molecule has 1 aliphatic heterocycles. The molecule has 0 fully saturated rings. The lowest BCUT2D eigenvalue weighted by Gasteiger charge is -2.10. The third kappa shape index (κ3) is 2.24. The molecule has 1 unspecified atom stereocenters. The summed E-state index contributed by atoms with van der Waals surface area (Å²) in [6, 6.07) is 2.33. The molecule has 1 atom stereocenters. The molecular weight excluding hydrogens is 283 g/mol. The van der Waals surface area contributed by atoms with Crippen molar-refractivity contribution in [1.29, 1.82) is 0 Å². The summed E-state index contributed by atoms with van der Waals surface area (Å²) < 4.78 is 38.9. The molecule has 3 rings (SSSR count). The molecule has 0 saturated carbocycles. The molecule has 1 aliphatic rings. The Kier molecular flexibility index (Phi) is 3.12. The highest BCUT2D eigenvalue weighted by Gasteiger charge is 2.28. The summed E-state index contributed by atoms with van der Waals surface area (Å²) in [7, 11) is 0. The van der Waals surface area contributed by atoms with Crippen molar-refractivity contribution in [3.8, 4) is 11.1 Å². The molecule has 4 nitrogen and oxygen atoms in total. The van der Waals surface area contributed by atoms with Gasteiger partial charge in [0.25, 0.3) is 6.43 Å². The van der Waals surface area contributed by atoms with Gasteiger partial charge in [0.1, 0.15) is 11.5 Å². The molecule has 3 heterocycles. The van der Waals surface area contributed by atoms with E-state index >= 15 is 0 Å². The monoisotopic (exact) mass is 293 g/mol. The zero-order valence-electron chi connectivity index (χ0n) is 10.9. The van der Waals surface area contributed by atoms with Gasteiger partial charge in [-0.05, 0) is 19.1 Å². The average molecular weight is 293 g/mol. The first-order valence-electron chi connectivity index (χ1n) is 6.22. The van der Waals surface area contributed by atoms with Gasteiger partial charge < -0.3 is 5.32 Å². The minimum absolute atomic E-state index is 0.184. The van der Waals surface area contributed by atoms with E-state index in [9.17, 15) is 18.0 Å². The Morgan fingerprint density at radius 3 is 2.67 bits per heavy atom. The van der Waals surface area contributed by atoms with E-state index in [-0.39, 0.29) is 11.6 Å². The Morgan fingerprint density at radius 1 is 1.19 bits per heavy atom. The predicted octanol–water partition coefficient (Wildman–Crippen LogP) is 3.28. The third-order valence-electron chi connectivity index (χ3n) is 3.39. The van der Waals surface area contributed by atoms with Crippen molar-refractivity contribution in [2.45, 2.75) is 19.3 Å². The van der Waals surface area contributed by atoms with Crippen molar-refractivity contribution in [3.63, 3.8) is 0 Å². The quantitative estimate of drug-likeness (QED) is 0.878. The number of rotatable bonds is 1. The predicted molar refractivity (Wildman–Crippen MR) is 69.4 cm³/mol. The van der Waals surface area contributed by atoms with Gasteiger partial charge in [-0.2, -0.15) is 0 Å². The molecule has 0 saturated heterocycles. The fourth-order valence-corrected chi connectivity index (χ4v) is 2.28. The molecule has 108 valence electrons. The van der Waals surface area contributed by atoms with Crippen molar-refractivity contribution < 1.29 is 18.0 Å². The van der Waals surface area contributed by atoms with Crippen LogP contribution in [0.5, 0.6) is 0 Å². The lowest BCUT2D eigenvalue weighted by molar-refractivity contribution is -0.117. The summed E-state index contributed by atoms with van der Waals surface area (Å²) in [4.78, 5) is 19.7. The van der Waals surface area contributed by atoms with E-state index in [1.165, 1.54) is 12.3 Å². The Morgan fingerprint density at radius 2 is 1.95 bits per heavy atom. The number of nitrogens with one attached hydrogen (secondary N) is 1. The zero-order chi connectivity index (χ0) is 15.1. The minimum Gasteiger partial charge on any atom is -0.325 e. The number of pyridine rings is 2. The van der Waals surface area contributed by atoms with Gasteiger partial charge in [0.15, 0.2) is 0 Å². The number of nitrogens with zero attached hydrogens (tertiary/aromatic N) is 2. The molecule has 2 aromatic rings. The fourth-order valence-electron chi connectivity index (χ4n) is 2.28. The summed E-state index contributed by atoms with van der Waals surface area (Å²) in [6.45, 7) is 1.62. The first kappa shape index (κ1) is 13.5. The molecule has 0 bridgehead atoms. The van der Waals surface area contributed by atoms with Crippen LogP contribution in [0, 0.1) is 5.82 Å². The topological polar surface area (TPSA) is 54.9 Å². The van der Waals surface area contributed by atoms with Gasteiger partial charge in [0.05, 0.1) is 23.5 Å². The molecule has 0 aliphatic carbocycles. The lowest BCUT2D eigenvalue weighted by Crippen LogP contribution is -2.18. The zero-order valence-corrected chi connectivity index (χ0v) is 10.9. The van der Waals surface area contributed by atoms with E-state index in [1.807, 2.05) is 0 Å². The van der Waals surface area contributed by atoms with E-state index in [0.717, 1.165) is 12.3 Å². The number of fused-ring (bicyclic) bond motifs is 3. The van der Waals surface area contributed by atoms with Crippen molar-refractivity contribution >= 4 is 11.6 Å². The number of amides is 1. The second-order valence-electron chi connectivity index (χ2n) is 4.75. The largest absolute Gasteiger partial charge is 0.325 e. The van der Waals surface area contributed by atoms with Crippen molar-refractivity contribution in [3.05, 3.63) is 41.7 Å². The molecule has 2 aromatic heterocycles. The molecule has 7 heteroatoms. The van der Waals surface area contributed by atoms with Crippen LogP contribution >= 0.6 is 0 Å². The Hall–Kier alpha value is -2.44. The molecule has 1 N–H and O–H groups in total. The number of halogens is 3. The van der Waals surface area contributed by atoms with E-state index in [2.05, 4.69) is 15.3 Å². The highest BCUT2D eigenvalue weighted by atomic mass is 19.3. The molecule has 0 radical (unpaired) electrons. The summed E-state index contributed by atoms with van der Waals surface area (Å²) in [5.41, 5.74) is 0.875. The van der Waals surface area contributed by atoms with Gasteiger partial charge in [0.2, 0.25) is 5.91 Å². The average Bonchev–Trinajstić information content (AvgIpc) is 2.55. The van der Waals surface area contributed by atoms with Crippen LogP contribution in [0.4, 0.5) is 18.9 Å². The van der Waals surface area contributed by atoms with Gasteiger partial charge >= 0.3 is 0 Å². The molecule has 0 spiro atoms. The van der Waals surface area contributed by atoms with E-state index in [4.69, 9.17) is 0 Å². The van der Waals surface area contributed by atoms with E-state index in [0.29, 0.717) is 16.8 Å². The summed E-state index contributed by atoms with van der Waals surface area (Å²) in [5.74, 6) is -1.58. The van der Waals surface area contributed by atoms with Crippen LogP contribution in [0.1, 0.15) is 30.7 Å². The molecular formula is C14H10F3N3O. The summed E-state index contributed by atoms with van der Waals surface area (Å²) >= 11 is 0. The number of aromatic nitrogens is 2. The SMILES string of the molecule is CC1C(=O)Nc2cc(C(F)F)ncc2-c2cc(F)cnc21. The normalized spacial score (nSPS) is 17.0. The van der Waals surface area contributed by atoms with Gasteiger partial charge in [-0.3, -0.25) is 14.8 Å². The van der Waals surface area contributed by atoms with Gasteiger partial charge in [-0.15, -0.1) is 0 Å². The van der Waals surface area contributed by atoms with Crippen molar-refractivity contribution in [1.82, 2.24) is 9.97 Å². The molecule has 21 heavy (non-hydrogen) atoms. The van der Waals surface area contributed by atoms with Crippen LogP contribution in [0.3, 0.4) is 0 Å².